The third-order valence-electron chi connectivity index (χ3n) is 4.69. The maximum atomic E-state index is 12.2. The molecule has 0 radical (unpaired) electrons. The number of carbonyl (C=O) groups excluding carboxylic acids is 2. The first-order valence-corrected chi connectivity index (χ1v) is 9.53. The quantitative estimate of drug-likeness (QED) is 0.384. The lowest BCUT2D eigenvalue weighted by Crippen LogP contribution is -2.45. The second-order valence-electron chi connectivity index (χ2n) is 6.80. The lowest BCUT2D eigenvalue weighted by atomic mass is 9.88. The number of allylic oxidation sites excluding steroid dienone is 2. The molecule has 1 amide bonds. The highest BCUT2D eigenvalue weighted by Gasteiger charge is 2.37. The van der Waals surface area contributed by atoms with E-state index >= 15 is 0 Å². The van der Waals surface area contributed by atoms with E-state index in [9.17, 15) is 9.59 Å². The van der Waals surface area contributed by atoms with E-state index in [-0.39, 0.29) is 11.9 Å². The second-order valence-corrected chi connectivity index (χ2v) is 6.80. The summed E-state index contributed by atoms with van der Waals surface area (Å²) in [7, 11) is 0. The van der Waals surface area contributed by atoms with Gasteiger partial charge < -0.3 is 10.5 Å². The number of primary amides is 1. The highest BCUT2D eigenvalue weighted by molar-refractivity contribution is 5.91. The lowest BCUT2D eigenvalue weighted by molar-refractivity contribution is -0.158. The second kappa shape index (κ2) is 9.95. The van der Waals surface area contributed by atoms with Crippen LogP contribution < -0.4 is 5.73 Å². The first kappa shape index (κ1) is 20.0. The molecule has 1 aliphatic carbocycles. The molecule has 0 fully saturated rings. The van der Waals surface area contributed by atoms with Crippen LogP contribution in [-0.4, -0.2) is 17.5 Å². The number of nitrogens with two attached hydrogens (primary N) is 1. The van der Waals surface area contributed by atoms with E-state index in [1.807, 2.05) is 42.5 Å². The Morgan fingerprint density at radius 2 is 1.62 bits per heavy atom. The van der Waals surface area contributed by atoms with Crippen LogP contribution in [0.1, 0.15) is 63.4 Å². The van der Waals surface area contributed by atoms with Gasteiger partial charge in [0.05, 0.1) is 0 Å². The molecule has 1 aliphatic rings. The van der Waals surface area contributed by atoms with Gasteiger partial charge in [-0.05, 0) is 24.1 Å². The molecule has 140 valence electrons. The molecule has 0 heterocycles. The van der Waals surface area contributed by atoms with Gasteiger partial charge in [-0.2, -0.15) is 0 Å². The molecule has 4 nitrogen and oxygen atoms in total. The number of benzene rings is 1. The molecular formula is C22H29NO3. The number of ether oxygens (including phenoxy) is 1. The van der Waals surface area contributed by atoms with Gasteiger partial charge in [-0.25, -0.2) is 0 Å². The predicted octanol–water partition coefficient (Wildman–Crippen LogP) is 4.41. The topological polar surface area (TPSA) is 69.4 Å². The molecule has 4 heteroatoms. The standard InChI is InChI=1S/C22H29NO3/c1-2-3-4-5-6-10-13-20(24)26-22(21(23)25)16-14-19(15-17-22)18-11-8-7-9-12-18/h7-9,11-12,14-17,19H,2-6,10,13H2,1H3,(H2,23,25). The van der Waals surface area contributed by atoms with Gasteiger partial charge in [-0.1, -0.05) is 81.5 Å². The first-order chi connectivity index (χ1) is 12.6. The molecule has 2 rings (SSSR count). The predicted molar refractivity (Wildman–Crippen MR) is 103 cm³/mol. The summed E-state index contributed by atoms with van der Waals surface area (Å²) < 4.78 is 5.47. The SMILES string of the molecule is CCCCCCCCC(=O)OC1(C(N)=O)C=CC(c2ccccc2)C=C1. The fraction of sp³-hybridized carbons (Fsp3) is 0.455. The van der Waals surface area contributed by atoms with E-state index in [0.29, 0.717) is 6.42 Å². The van der Waals surface area contributed by atoms with Gasteiger partial charge in [-0.15, -0.1) is 0 Å². The van der Waals surface area contributed by atoms with Crippen LogP contribution in [0.4, 0.5) is 0 Å². The van der Waals surface area contributed by atoms with Crippen LogP contribution in [0, 0.1) is 0 Å². The zero-order valence-corrected chi connectivity index (χ0v) is 15.5. The van der Waals surface area contributed by atoms with Crippen molar-refractivity contribution in [3.63, 3.8) is 0 Å². The Balaban J connectivity index is 1.90. The highest BCUT2D eigenvalue weighted by Crippen LogP contribution is 2.29. The number of unbranched alkanes of at least 4 members (excludes halogenated alkanes) is 5. The molecule has 1 aromatic carbocycles. The minimum Gasteiger partial charge on any atom is -0.440 e. The van der Waals surface area contributed by atoms with Gasteiger partial charge in [0.1, 0.15) is 0 Å². The molecule has 2 N–H and O–H groups in total. The van der Waals surface area contributed by atoms with Crippen molar-refractivity contribution in [3.05, 3.63) is 60.2 Å². The van der Waals surface area contributed by atoms with Crippen molar-refractivity contribution < 1.29 is 14.3 Å². The molecule has 1 aromatic rings. The molecule has 0 unspecified atom stereocenters. The minimum atomic E-state index is -1.47. The first-order valence-electron chi connectivity index (χ1n) is 9.53. The van der Waals surface area contributed by atoms with Gasteiger partial charge in [-0.3, -0.25) is 9.59 Å². The zero-order chi connectivity index (χ0) is 18.8. The van der Waals surface area contributed by atoms with Crippen molar-refractivity contribution in [3.8, 4) is 0 Å². The Morgan fingerprint density at radius 3 is 2.23 bits per heavy atom. The van der Waals surface area contributed by atoms with E-state index in [0.717, 1.165) is 24.8 Å². The Bertz CT molecular complexity index is 635. The van der Waals surface area contributed by atoms with E-state index in [4.69, 9.17) is 10.5 Å². The van der Waals surface area contributed by atoms with Crippen LogP contribution in [0.5, 0.6) is 0 Å². The zero-order valence-electron chi connectivity index (χ0n) is 15.5. The van der Waals surface area contributed by atoms with E-state index in [1.165, 1.54) is 19.3 Å². The summed E-state index contributed by atoms with van der Waals surface area (Å²) >= 11 is 0. The molecule has 0 bridgehead atoms. The molecule has 0 saturated heterocycles. The van der Waals surface area contributed by atoms with E-state index < -0.39 is 11.5 Å². The van der Waals surface area contributed by atoms with Crippen molar-refractivity contribution in [2.75, 3.05) is 0 Å². The number of carbonyl (C=O) groups is 2. The monoisotopic (exact) mass is 355 g/mol. The van der Waals surface area contributed by atoms with Gasteiger partial charge >= 0.3 is 5.97 Å². The van der Waals surface area contributed by atoms with E-state index in [1.54, 1.807) is 12.2 Å². The number of esters is 1. The van der Waals surface area contributed by atoms with Gasteiger partial charge in [0, 0.05) is 12.3 Å². The average molecular weight is 355 g/mol. The summed E-state index contributed by atoms with van der Waals surface area (Å²) in [6.07, 6.45) is 13.8. The number of hydrogen-bond acceptors (Lipinski definition) is 3. The Labute approximate surface area is 156 Å². The summed E-state index contributed by atoms with van der Waals surface area (Å²) in [5, 5.41) is 0. The highest BCUT2D eigenvalue weighted by atomic mass is 16.6. The van der Waals surface area contributed by atoms with Crippen LogP contribution in [0.15, 0.2) is 54.6 Å². The third-order valence-corrected chi connectivity index (χ3v) is 4.69. The van der Waals surface area contributed by atoms with Crippen LogP contribution in [0.3, 0.4) is 0 Å². The summed E-state index contributed by atoms with van der Waals surface area (Å²) in [6, 6.07) is 9.92. The molecular weight excluding hydrogens is 326 g/mol. The van der Waals surface area contributed by atoms with Crippen LogP contribution in [0.25, 0.3) is 0 Å². The van der Waals surface area contributed by atoms with Crippen molar-refractivity contribution in [1.82, 2.24) is 0 Å². The average Bonchev–Trinajstić information content (AvgIpc) is 2.65. The molecule has 26 heavy (non-hydrogen) atoms. The molecule has 0 saturated carbocycles. The Hall–Kier alpha value is -2.36. The Morgan fingerprint density at radius 1 is 1.00 bits per heavy atom. The molecule has 0 aliphatic heterocycles. The number of hydrogen-bond donors (Lipinski definition) is 1. The summed E-state index contributed by atoms with van der Waals surface area (Å²) in [5.74, 6) is -1.01. The minimum absolute atomic E-state index is 0.0425. The lowest BCUT2D eigenvalue weighted by Gasteiger charge is -2.28. The van der Waals surface area contributed by atoms with Gasteiger partial charge in [0.15, 0.2) is 0 Å². The normalized spacial score (nSPS) is 21.5. The van der Waals surface area contributed by atoms with Crippen molar-refractivity contribution in [2.45, 2.75) is 63.4 Å². The number of amides is 1. The third kappa shape index (κ3) is 5.58. The fourth-order valence-electron chi connectivity index (χ4n) is 3.08. The smallest absolute Gasteiger partial charge is 0.307 e. The summed E-state index contributed by atoms with van der Waals surface area (Å²) in [6.45, 7) is 2.17. The Kier molecular flexibility index (Phi) is 7.64. The van der Waals surface area contributed by atoms with Crippen molar-refractivity contribution in [2.24, 2.45) is 5.73 Å². The largest absolute Gasteiger partial charge is 0.440 e. The van der Waals surface area contributed by atoms with Gasteiger partial charge in [0.25, 0.3) is 5.91 Å². The van der Waals surface area contributed by atoms with Crippen LogP contribution in [-0.2, 0) is 14.3 Å². The maximum Gasteiger partial charge on any atom is 0.307 e. The summed E-state index contributed by atoms with van der Waals surface area (Å²) in [4.78, 5) is 24.1. The molecule has 0 atom stereocenters. The molecule has 0 aromatic heterocycles. The van der Waals surface area contributed by atoms with Crippen molar-refractivity contribution >= 4 is 11.9 Å². The van der Waals surface area contributed by atoms with Crippen LogP contribution in [0.2, 0.25) is 0 Å². The number of rotatable bonds is 10. The van der Waals surface area contributed by atoms with Gasteiger partial charge in [0.2, 0.25) is 5.60 Å². The van der Waals surface area contributed by atoms with Crippen LogP contribution >= 0.6 is 0 Å². The summed E-state index contributed by atoms with van der Waals surface area (Å²) in [5.41, 5.74) is 5.17. The maximum absolute atomic E-state index is 12.2. The molecule has 0 spiro atoms. The van der Waals surface area contributed by atoms with E-state index in [2.05, 4.69) is 6.92 Å². The van der Waals surface area contributed by atoms with Crippen molar-refractivity contribution in [1.29, 1.82) is 0 Å². The fourth-order valence-corrected chi connectivity index (χ4v) is 3.08.